The first-order chi connectivity index (χ1) is 3.79. The molecule has 0 N–H and O–H groups in total. The van der Waals surface area contributed by atoms with Crippen LogP contribution in [0.25, 0.3) is 0 Å². The average Bonchev–Trinajstić information content (AvgIpc) is 1.64. The Morgan fingerprint density at radius 3 is 3.00 bits per heavy atom. The lowest BCUT2D eigenvalue weighted by atomic mass is 10.4. The van der Waals surface area contributed by atoms with Crippen LogP contribution in [0.15, 0.2) is 24.4 Å². The van der Waals surface area contributed by atoms with E-state index in [1.54, 1.807) is 6.07 Å². The number of rotatable bonds is 0. The van der Waals surface area contributed by atoms with Crippen LogP contribution in [0.2, 0.25) is 0 Å². The van der Waals surface area contributed by atoms with E-state index in [2.05, 4.69) is 4.98 Å². The van der Waals surface area contributed by atoms with Crippen molar-refractivity contribution in [3.05, 3.63) is 30.1 Å². The van der Waals surface area contributed by atoms with Gasteiger partial charge in [0.2, 0.25) is 0 Å². The lowest BCUT2D eigenvalue weighted by Gasteiger charge is -1.82. The maximum atomic E-state index is 7.02. The smallest absolute Gasteiger partial charge is 0.0840 e. The van der Waals surface area contributed by atoms with Crippen LogP contribution in [0.4, 0.5) is 0 Å². The number of aromatic nitrogens is 1. The molecule has 0 bridgehead atoms. The summed E-state index contributed by atoms with van der Waals surface area (Å²) in [4.78, 5) is 3.84. The van der Waals surface area contributed by atoms with Crippen molar-refractivity contribution in [2.75, 3.05) is 0 Å². The van der Waals surface area contributed by atoms with Crippen molar-refractivity contribution in [1.29, 1.82) is 0 Å². The molecule has 36 valence electrons. The fraction of sp³-hybridized carbons (Fsp3) is 0.167. The van der Waals surface area contributed by atoms with Crippen LogP contribution in [0.1, 0.15) is 7.06 Å². The topological polar surface area (TPSA) is 12.9 Å². The van der Waals surface area contributed by atoms with Crippen molar-refractivity contribution >= 4 is 0 Å². The van der Waals surface area contributed by atoms with Crippen LogP contribution in [-0.2, 0) is 0 Å². The van der Waals surface area contributed by atoms with Gasteiger partial charge in [0.15, 0.2) is 0 Å². The third kappa shape index (κ3) is 1.000. The molecule has 7 heavy (non-hydrogen) atoms. The highest BCUT2D eigenvalue weighted by molar-refractivity contribution is 4.99. The molecule has 0 aliphatic carbocycles. The zero-order chi connectivity index (χ0) is 5.98. The van der Waals surface area contributed by atoms with Gasteiger partial charge < -0.3 is 0 Å². The van der Waals surface area contributed by atoms with Crippen molar-refractivity contribution < 1.29 is 1.37 Å². The molecular weight excluding hydrogens is 86.1 g/mol. The van der Waals surface area contributed by atoms with E-state index in [0.717, 1.165) is 5.69 Å². The Bertz CT molecular complexity index is 168. The van der Waals surface area contributed by atoms with Gasteiger partial charge in [-0.2, -0.15) is 0 Å². The minimum atomic E-state index is 0.338. The van der Waals surface area contributed by atoms with E-state index >= 15 is 0 Å². The predicted molar refractivity (Wildman–Crippen MR) is 29.0 cm³/mol. The monoisotopic (exact) mass is 95.1 g/mol. The Kier molecular flexibility index (Phi) is 0.791. The third-order valence-corrected chi connectivity index (χ3v) is 0.749. The lowest BCUT2D eigenvalue weighted by molar-refractivity contribution is 1.20. The molecule has 0 saturated carbocycles. The molecule has 0 aliphatic heterocycles. The van der Waals surface area contributed by atoms with Crippen molar-refractivity contribution in [3.8, 4) is 0 Å². The van der Waals surface area contributed by atoms with Crippen LogP contribution in [0.5, 0.6) is 0 Å². The largest absolute Gasteiger partial charge is 0.262 e. The zero-order valence-corrected chi connectivity index (χ0v) is 4.18. The van der Waals surface area contributed by atoms with Gasteiger partial charge in [0.05, 0.1) is 1.37 Å². The molecule has 1 rings (SSSR count). The normalized spacial score (nSPS) is 10.7. The molecule has 0 radical (unpaired) electrons. The maximum Gasteiger partial charge on any atom is 0.0840 e. The van der Waals surface area contributed by atoms with Crippen LogP contribution in [0.3, 0.4) is 0 Å². The SMILES string of the molecule is [3H]c1cccc(C)n1. The summed E-state index contributed by atoms with van der Waals surface area (Å²) < 4.78 is 7.02. The first-order valence-corrected chi connectivity index (χ1v) is 2.19. The van der Waals surface area contributed by atoms with Crippen molar-refractivity contribution in [2.24, 2.45) is 0 Å². The first kappa shape index (κ1) is 3.19. The number of hydrogen-bond donors (Lipinski definition) is 0. The molecule has 1 nitrogen and oxygen atoms in total. The van der Waals surface area contributed by atoms with E-state index in [0.29, 0.717) is 6.17 Å². The highest BCUT2D eigenvalue weighted by Crippen LogP contribution is 1.85. The van der Waals surface area contributed by atoms with Gasteiger partial charge in [-0.1, -0.05) is 6.07 Å². The summed E-state index contributed by atoms with van der Waals surface area (Å²) in [5.41, 5.74) is 0.900. The second kappa shape index (κ2) is 1.73. The summed E-state index contributed by atoms with van der Waals surface area (Å²) in [6.45, 7) is 1.87. The maximum absolute atomic E-state index is 7.02. The molecule has 1 heteroatoms. The summed E-state index contributed by atoms with van der Waals surface area (Å²) in [6.07, 6.45) is 0.338. The number of hydrogen-bond acceptors (Lipinski definition) is 1. The molecule has 0 aliphatic rings. The quantitative estimate of drug-likeness (QED) is 0.474. The number of aryl methyl sites for hydroxylation is 1. The van der Waals surface area contributed by atoms with Gasteiger partial charge in [0, 0.05) is 11.9 Å². The van der Waals surface area contributed by atoms with E-state index in [1.165, 1.54) is 0 Å². The van der Waals surface area contributed by atoms with E-state index in [-0.39, 0.29) is 0 Å². The molecule has 0 saturated heterocycles. The Morgan fingerprint density at radius 1 is 1.71 bits per heavy atom. The van der Waals surface area contributed by atoms with Gasteiger partial charge in [0.1, 0.15) is 0 Å². The van der Waals surface area contributed by atoms with Gasteiger partial charge in [0.25, 0.3) is 0 Å². The van der Waals surface area contributed by atoms with E-state index in [1.807, 2.05) is 19.1 Å². The molecule has 0 atom stereocenters. The molecular formula is C6H7N. The van der Waals surface area contributed by atoms with Crippen molar-refractivity contribution in [1.82, 2.24) is 4.98 Å². The van der Waals surface area contributed by atoms with E-state index in [4.69, 9.17) is 1.37 Å². The molecule has 1 aromatic rings. The van der Waals surface area contributed by atoms with Gasteiger partial charge in [-0.3, -0.25) is 4.98 Å². The fourth-order valence-electron chi connectivity index (χ4n) is 0.407. The van der Waals surface area contributed by atoms with Gasteiger partial charge in [-0.25, -0.2) is 0 Å². The van der Waals surface area contributed by atoms with Gasteiger partial charge >= 0.3 is 0 Å². The van der Waals surface area contributed by atoms with Crippen LogP contribution >= 0.6 is 0 Å². The summed E-state index contributed by atoms with van der Waals surface area (Å²) in [5.74, 6) is 0. The zero-order valence-electron chi connectivity index (χ0n) is 5.18. The Hall–Kier alpha value is -0.850. The second-order valence-corrected chi connectivity index (χ2v) is 1.41. The Balaban J connectivity index is 3.08. The molecule has 1 aromatic heterocycles. The molecule has 0 spiro atoms. The summed E-state index contributed by atoms with van der Waals surface area (Å²) >= 11 is 0. The van der Waals surface area contributed by atoms with Crippen LogP contribution in [0, 0.1) is 6.92 Å². The highest BCUT2D eigenvalue weighted by atomic mass is 14.6. The van der Waals surface area contributed by atoms with E-state index in [9.17, 15) is 0 Å². The second-order valence-electron chi connectivity index (χ2n) is 1.41. The summed E-state index contributed by atoms with van der Waals surface area (Å²) in [7, 11) is 0. The first-order valence-electron chi connectivity index (χ1n) is 2.69. The molecule has 0 amide bonds. The minimum Gasteiger partial charge on any atom is -0.262 e. The van der Waals surface area contributed by atoms with E-state index < -0.39 is 0 Å². The highest BCUT2D eigenvalue weighted by Gasteiger charge is 1.73. The molecule has 1 heterocycles. The average molecular weight is 95.1 g/mol. The van der Waals surface area contributed by atoms with Crippen molar-refractivity contribution in [3.63, 3.8) is 0 Å². The number of nitrogens with zero attached hydrogens (tertiary/aromatic N) is 1. The standard InChI is InChI=1S/C6H7N/c1-6-4-2-3-5-7-6/h2-5H,1H3/i5T. The van der Waals surface area contributed by atoms with Crippen LogP contribution < -0.4 is 0 Å². The third-order valence-electron chi connectivity index (χ3n) is 0.749. The predicted octanol–water partition coefficient (Wildman–Crippen LogP) is 1.39. The molecule has 0 fully saturated rings. The summed E-state index contributed by atoms with van der Waals surface area (Å²) in [5, 5.41) is 0. The minimum absolute atomic E-state index is 0.338. The van der Waals surface area contributed by atoms with Crippen LogP contribution in [-0.4, -0.2) is 4.98 Å². The Morgan fingerprint density at radius 2 is 2.57 bits per heavy atom. The Labute approximate surface area is 44.4 Å². The summed E-state index contributed by atoms with van der Waals surface area (Å²) in [6, 6.07) is 5.36. The van der Waals surface area contributed by atoms with Gasteiger partial charge in [-0.05, 0) is 19.1 Å². The molecule has 0 aromatic carbocycles. The van der Waals surface area contributed by atoms with Gasteiger partial charge in [-0.15, -0.1) is 0 Å². The van der Waals surface area contributed by atoms with Crippen molar-refractivity contribution in [2.45, 2.75) is 6.92 Å². The molecule has 0 unspecified atom stereocenters. The lowest BCUT2D eigenvalue weighted by Crippen LogP contribution is -1.72. The fourth-order valence-corrected chi connectivity index (χ4v) is 0.407. The number of pyridine rings is 1.